The molecule has 7 nitrogen and oxygen atoms in total. The largest absolute Gasteiger partial charge is 0.691 e. The number of halogens is 4. The molecule has 0 atom stereocenters. The second kappa shape index (κ2) is 6.72. The van der Waals surface area contributed by atoms with Crippen molar-refractivity contribution < 1.29 is 45.3 Å². The van der Waals surface area contributed by atoms with Crippen LogP contribution in [-0.4, -0.2) is 36.7 Å². The van der Waals surface area contributed by atoms with Crippen molar-refractivity contribution >= 4 is 22.1 Å². The SMILES string of the molecule is O=S(=O)(N1CCCCC1)C(F)(F)OC(F)(F)SOO[O-]. The Morgan fingerprint density at radius 3 is 2.15 bits per heavy atom. The van der Waals surface area contributed by atoms with E-state index in [1.54, 1.807) is 0 Å². The van der Waals surface area contributed by atoms with Gasteiger partial charge in [-0.2, -0.15) is 26.2 Å². The molecular weight excluding hydrogens is 334 g/mol. The molecule has 0 N–H and O–H groups in total. The predicted molar refractivity (Wildman–Crippen MR) is 55.1 cm³/mol. The van der Waals surface area contributed by atoms with E-state index in [0.717, 1.165) is 0 Å². The van der Waals surface area contributed by atoms with Crippen molar-refractivity contribution in [3.05, 3.63) is 0 Å². The van der Waals surface area contributed by atoms with Crippen molar-refractivity contribution in [1.29, 1.82) is 0 Å². The molecule has 0 aromatic carbocycles. The summed E-state index contributed by atoms with van der Waals surface area (Å²) in [7, 11) is -5.41. The van der Waals surface area contributed by atoms with Crippen LogP contribution in [0.2, 0.25) is 0 Å². The zero-order chi connectivity index (χ0) is 15.4. The van der Waals surface area contributed by atoms with Crippen molar-refractivity contribution in [1.82, 2.24) is 4.31 Å². The highest BCUT2D eigenvalue weighted by Crippen LogP contribution is 2.40. The number of hydrogen-bond acceptors (Lipinski definition) is 7. The van der Waals surface area contributed by atoms with Crippen LogP contribution >= 0.6 is 12.0 Å². The van der Waals surface area contributed by atoms with Gasteiger partial charge in [-0.25, -0.2) is 13.2 Å². The molecule has 0 spiro atoms. The zero-order valence-electron chi connectivity index (χ0n) is 9.76. The standard InChI is InChI=1S/C7H11F4NO6S2/c8-6(9,19-18-17-13)16-7(10,11)20(14,15)12-4-2-1-3-5-12/h13H,1-5H2/p-1. The lowest BCUT2D eigenvalue weighted by molar-refractivity contribution is -0.777. The maximum absolute atomic E-state index is 13.4. The van der Waals surface area contributed by atoms with Gasteiger partial charge in [-0.15, -0.1) is 0 Å². The molecule has 1 fully saturated rings. The Kier molecular flexibility index (Phi) is 6.01. The van der Waals surface area contributed by atoms with Gasteiger partial charge in [0.1, 0.15) is 12.0 Å². The van der Waals surface area contributed by atoms with Gasteiger partial charge in [0.25, 0.3) is 0 Å². The third-order valence-electron chi connectivity index (χ3n) is 2.35. The van der Waals surface area contributed by atoms with Crippen LogP contribution in [0.15, 0.2) is 0 Å². The molecule has 1 heterocycles. The third-order valence-corrected chi connectivity index (χ3v) is 4.48. The maximum Gasteiger partial charge on any atom is 0.481 e. The molecule has 0 unspecified atom stereocenters. The van der Waals surface area contributed by atoms with E-state index in [2.05, 4.69) is 14.1 Å². The molecule has 0 aromatic rings. The maximum atomic E-state index is 13.4. The topological polar surface area (TPSA) is 88.1 Å². The fourth-order valence-electron chi connectivity index (χ4n) is 1.52. The van der Waals surface area contributed by atoms with Crippen LogP contribution in [0.3, 0.4) is 0 Å². The van der Waals surface area contributed by atoms with Gasteiger partial charge in [0.05, 0.1) is 0 Å². The molecule has 0 radical (unpaired) electrons. The third kappa shape index (κ3) is 4.41. The summed E-state index contributed by atoms with van der Waals surface area (Å²) in [5.74, 6) is 0. The first-order valence-electron chi connectivity index (χ1n) is 5.22. The lowest BCUT2D eigenvalue weighted by Crippen LogP contribution is -2.48. The van der Waals surface area contributed by atoms with E-state index in [1.807, 2.05) is 0 Å². The lowest BCUT2D eigenvalue weighted by Gasteiger charge is -2.30. The average Bonchev–Trinajstić information content (AvgIpc) is 2.36. The fourth-order valence-corrected chi connectivity index (χ4v) is 3.06. The van der Waals surface area contributed by atoms with E-state index in [9.17, 15) is 31.2 Å². The number of rotatable bonds is 7. The molecule has 0 bridgehead atoms. The van der Waals surface area contributed by atoms with E-state index >= 15 is 0 Å². The van der Waals surface area contributed by atoms with Crippen LogP contribution in [0, 0.1) is 0 Å². The number of hydrogen-bond donors (Lipinski definition) is 0. The van der Waals surface area contributed by atoms with Gasteiger partial charge in [-0.3, -0.25) is 5.04 Å². The van der Waals surface area contributed by atoms with Gasteiger partial charge < -0.3 is 5.26 Å². The highest BCUT2D eigenvalue weighted by atomic mass is 32.2. The fraction of sp³-hybridized carbons (Fsp3) is 1.00. The summed E-state index contributed by atoms with van der Waals surface area (Å²) in [6.07, 6.45) is 1.33. The minimum atomic E-state index is -5.41. The predicted octanol–water partition coefficient (Wildman–Crippen LogP) is 0.791. The Labute approximate surface area is 115 Å². The molecule has 13 heteroatoms. The summed E-state index contributed by atoms with van der Waals surface area (Å²) in [6, 6.07) is 0. The van der Waals surface area contributed by atoms with Crippen LogP contribution in [0.4, 0.5) is 17.6 Å². The summed E-state index contributed by atoms with van der Waals surface area (Å²) < 4.78 is 82.0. The van der Waals surface area contributed by atoms with Crippen molar-refractivity contribution in [3.63, 3.8) is 0 Å². The Balaban J connectivity index is 2.80. The van der Waals surface area contributed by atoms with Gasteiger partial charge in [0.15, 0.2) is 0 Å². The summed E-state index contributed by atoms with van der Waals surface area (Å²) in [4.78, 5) is 0. The molecule has 0 aliphatic carbocycles. The lowest BCUT2D eigenvalue weighted by atomic mass is 10.2. The number of piperidine rings is 1. The molecule has 120 valence electrons. The van der Waals surface area contributed by atoms with E-state index < -0.39 is 32.9 Å². The second-order valence-electron chi connectivity index (χ2n) is 3.71. The van der Waals surface area contributed by atoms with Crippen LogP contribution in [0.1, 0.15) is 19.3 Å². The monoisotopic (exact) mass is 344 g/mol. The van der Waals surface area contributed by atoms with Crippen LogP contribution in [0.5, 0.6) is 0 Å². The van der Waals surface area contributed by atoms with Crippen LogP contribution < -0.4 is 5.26 Å². The molecule has 20 heavy (non-hydrogen) atoms. The van der Waals surface area contributed by atoms with Gasteiger partial charge >= 0.3 is 20.9 Å². The summed E-state index contributed by atoms with van der Waals surface area (Å²) in [5, 5.41) is 11.9. The molecule has 0 amide bonds. The Bertz CT molecular complexity index is 414. The smallest absolute Gasteiger partial charge is 0.481 e. The minimum absolute atomic E-state index is 0.208. The van der Waals surface area contributed by atoms with Crippen LogP contribution in [-0.2, 0) is 24.1 Å². The summed E-state index contributed by atoms with van der Waals surface area (Å²) in [5.41, 5.74) is -9.97. The highest BCUT2D eigenvalue weighted by molar-refractivity contribution is 7.95. The van der Waals surface area contributed by atoms with Gasteiger partial charge in [0.2, 0.25) is 0 Å². The molecular formula is C7H10F4NO6S2-. The first kappa shape index (κ1) is 17.9. The van der Waals surface area contributed by atoms with Gasteiger partial charge in [0, 0.05) is 13.1 Å². The first-order valence-corrected chi connectivity index (χ1v) is 7.40. The quantitative estimate of drug-likeness (QED) is 0.222. The van der Waals surface area contributed by atoms with Crippen molar-refractivity contribution in [2.24, 2.45) is 0 Å². The van der Waals surface area contributed by atoms with Gasteiger partial charge in [-0.05, 0) is 12.8 Å². The van der Waals surface area contributed by atoms with Gasteiger partial charge in [-0.1, -0.05) is 6.42 Å². The van der Waals surface area contributed by atoms with E-state index in [1.165, 1.54) is 0 Å². The van der Waals surface area contributed by atoms with E-state index in [0.29, 0.717) is 23.6 Å². The normalized spacial score (nSPS) is 19.2. The number of nitrogens with zero attached hydrogens (tertiary/aromatic N) is 1. The molecule has 0 aromatic heterocycles. The molecule has 1 aliphatic heterocycles. The first-order chi connectivity index (χ1) is 9.12. The Morgan fingerprint density at radius 1 is 1.10 bits per heavy atom. The van der Waals surface area contributed by atoms with Crippen molar-refractivity contribution in [2.45, 2.75) is 30.1 Å². The molecule has 1 rings (SSSR count). The van der Waals surface area contributed by atoms with Crippen molar-refractivity contribution in [2.75, 3.05) is 13.1 Å². The second-order valence-corrected chi connectivity index (χ2v) is 6.43. The molecule has 0 saturated carbocycles. The van der Waals surface area contributed by atoms with E-state index in [4.69, 9.17) is 0 Å². The van der Waals surface area contributed by atoms with Crippen LogP contribution in [0.25, 0.3) is 0 Å². The number of sulfonamides is 1. The Morgan fingerprint density at radius 2 is 1.65 bits per heavy atom. The number of alkyl halides is 4. The van der Waals surface area contributed by atoms with Crippen molar-refractivity contribution in [3.8, 4) is 0 Å². The molecule has 1 saturated heterocycles. The Hall–Kier alpha value is -0.180. The molecule has 1 aliphatic rings. The minimum Gasteiger partial charge on any atom is -0.691 e. The van der Waals surface area contributed by atoms with E-state index in [-0.39, 0.29) is 13.1 Å². The summed E-state index contributed by atoms with van der Waals surface area (Å²) >= 11 is -1.18. The number of ether oxygens (including phenoxy) is 1. The zero-order valence-corrected chi connectivity index (χ0v) is 11.4. The average molecular weight is 344 g/mol. The highest BCUT2D eigenvalue weighted by Gasteiger charge is 2.57. The summed E-state index contributed by atoms with van der Waals surface area (Å²) in [6.45, 7) is -0.416.